The maximum absolute atomic E-state index is 13.7. The molecule has 0 bridgehead atoms. The zero-order valence-corrected chi connectivity index (χ0v) is 16.5. The van der Waals surface area contributed by atoms with Crippen LogP contribution in [0.3, 0.4) is 0 Å². The number of hydrogen-bond acceptors (Lipinski definition) is 3. The van der Waals surface area contributed by atoms with Crippen molar-refractivity contribution in [2.24, 2.45) is 0 Å². The molecule has 0 heterocycles. The molecule has 0 aliphatic heterocycles. The Labute approximate surface area is 168 Å². The van der Waals surface area contributed by atoms with E-state index in [0.29, 0.717) is 11.8 Å². The van der Waals surface area contributed by atoms with Crippen molar-refractivity contribution >= 4 is 43.2 Å². The van der Waals surface area contributed by atoms with Gasteiger partial charge in [-0.2, -0.15) is 0 Å². The van der Waals surface area contributed by atoms with Gasteiger partial charge in [0.1, 0.15) is 11.6 Å². The lowest BCUT2D eigenvalue weighted by Gasteiger charge is -2.10. The average molecular weight is 467 g/mol. The predicted octanol–water partition coefficient (Wildman–Crippen LogP) is 4.78. The summed E-state index contributed by atoms with van der Waals surface area (Å²) in [6, 6.07) is 14.5. The van der Waals surface area contributed by atoms with E-state index in [1.807, 2.05) is 0 Å². The number of rotatable bonds is 5. The van der Waals surface area contributed by atoms with E-state index in [4.69, 9.17) is 0 Å². The molecule has 3 rings (SSSR count). The second kappa shape index (κ2) is 8.07. The number of carbonyl (C=O) groups is 1. The van der Waals surface area contributed by atoms with Crippen LogP contribution in [0.25, 0.3) is 0 Å². The van der Waals surface area contributed by atoms with Crippen LogP contribution < -0.4 is 10.0 Å². The Bertz CT molecular complexity index is 1140. The highest BCUT2D eigenvalue weighted by Gasteiger charge is 2.17. The molecule has 0 unspecified atom stereocenters. The molecule has 3 aromatic rings. The van der Waals surface area contributed by atoms with Gasteiger partial charge in [0.15, 0.2) is 0 Å². The average Bonchev–Trinajstić information content (AvgIpc) is 2.66. The van der Waals surface area contributed by atoms with E-state index in [9.17, 15) is 22.0 Å². The van der Waals surface area contributed by atoms with Gasteiger partial charge >= 0.3 is 0 Å². The molecule has 0 aliphatic rings. The van der Waals surface area contributed by atoms with Crippen LogP contribution in [-0.2, 0) is 10.0 Å². The van der Waals surface area contributed by atoms with Crippen LogP contribution in [0.15, 0.2) is 76.1 Å². The third-order valence-electron chi connectivity index (χ3n) is 3.68. The summed E-state index contributed by atoms with van der Waals surface area (Å²) in [5.74, 6) is -2.44. The van der Waals surface area contributed by atoms with Gasteiger partial charge in [-0.1, -0.05) is 22.0 Å². The number of halogens is 3. The number of nitrogens with one attached hydrogen (secondary N) is 2. The molecule has 144 valence electrons. The van der Waals surface area contributed by atoms with Gasteiger partial charge in [0.2, 0.25) is 0 Å². The normalized spacial score (nSPS) is 11.1. The monoisotopic (exact) mass is 466 g/mol. The Hall–Kier alpha value is -2.78. The zero-order chi connectivity index (χ0) is 20.3. The molecule has 0 radical (unpaired) electrons. The molecule has 1 amide bonds. The van der Waals surface area contributed by atoms with E-state index in [0.717, 1.165) is 22.7 Å². The second-order valence-electron chi connectivity index (χ2n) is 5.72. The molecular formula is C19H13BrF2N2O3S. The van der Waals surface area contributed by atoms with Crippen LogP contribution in [0.2, 0.25) is 0 Å². The van der Waals surface area contributed by atoms with E-state index in [1.54, 1.807) is 24.3 Å². The number of sulfonamides is 1. The fourth-order valence-corrected chi connectivity index (χ4v) is 3.69. The van der Waals surface area contributed by atoms with Crippen molar-refractivity contribution in [1.29, 1.82) is 0 Å². The summed E-state index contributed by atoms with van der Waals surface area (Å²) >= 11 is 3.26. The first kappa shape index (κ1) is 20.0. The van der Waals surface area contributed by atoms with Crippen molar-refractivity contribution in [1.82, 2.24) is 0 Å². The molecule has 0 saturated heterocycles. The van der Waals surface area contributed by atoms with E-state index >= 15 is 0 Å². The molecule has 0 fully saturated rings. The van der Waals surface area contributed by atoms with Crippen molar-refractivity contribution in [3.63, 3.8) is 0 Å². The second-order valence-corrected chi connectivity index (χ2v) is 8.32. The highest BCUT2D eigenvalue weighted by Crippen LogP contribution is 2.21. The number of hydrogen-bond donors (Lipinski definition) is 2. The first-order chi connectivity index (χ1) is 13.2. The lowest BCUT2D eigenvalue weighted by Crippen LogP contribution is -2.16. The van der Waals surface area contributed by atoms with Crippen LogP contribution in [0.4, 0.5) is 20.2 Å². The SMILES string of the molecule is O=C(Nc1ccc(F)cc1F)c1cccc(S(=O)(=O)Nc2ccc(Br)cc2)c1. The fourth-order valence-electron chi connectivity index (χ4n) is 2.32. The minimum Gasteiger partial charge on any atom is -0.319 e. The standard InChI is InChI=1S/C19H13BrF2N2O3S/c20-13-4-7-15(8-5-13)24-28(26,27)16-3-1-2-12(10-16)19(25)23-18-9-6-14(21)11-17(18)22/h1-11,24H,(H,23,25). The molecule has 0 spiro atoms. The molecule has 28 heavy (non-hydrogen) atoms. The smallest absolute Gasteiger partial charge is 0.261 e. The summed E-state index contributed by atoms with van der Waals surface area (Å²) in [4.78, 5) is 12.2. The van der Waals surface area contributed by atoms with E-state index in [2.05, 4.69) is 26.0 Å². The van der Waals surface area contributed by atoms with Crippen LogP contribution in [0.5, 0.6) is 0 Å². The molecule has 0 atom stereocenters. The number of benzene rings is 3. The highest BCUT2D eigenvalue weighted by atomic mass is 79.9. The van der Waals surface area contributed by atoms with Gasteiger partial charge in [0.05, 0.1) is 10.6 Å². The van der Waals surface area contributed by atoms with Gasteiger partial charge in [-0.25, -0.2) is 17.2 Å². The largest absolute Gasteiger partial charge is 0.319 e. The molecule has 9 heteroatoms. The Balaban J connectivity index is 1.82. The van der Waals surface area contributed by atoms with Gasteiger partial charge in [-0.3, -0.25) is 9.52 Å². The molecule has 3 aromatic carbocycles. The van der Waals surface area contributed by atoms with Crippen molar-refractivity contribution in [2.45, 2.75) is 4.90 Å². The van der Waals surface area contributed by atoms with Crippen LogP contribution in [0.1, 0.15) is 10.4 Å². The number of anilines is 2. The van der Waals surface area contributed by atoms with E-state index < -0.39 is 27.6 Å². The van der Waals surface area contributed by atoms with Gasteiger partial charge in [-0.05, 0) is 54.6 Å². The molecule has 0 aromatic heterocycles. The third kappa shape index (κ3) is 4.73. The topological polar surface area (TPSA) is 75.3 Å². The van der Waals surface area contributed by atoms with Crippen molar-refractivity contribution < 1.29 is 22.0 Å². The van der Waals surface area contributed by atoms with Crippen molar-refractivity contribution in [3.05, 3.63) is 88.4 Å². The van der Waals surface area contributed by atoms with Crippen LogP contribution >= 0.6 is 15.9 Å². The molecule has 2 N–H and O–H groups in total. The zero-order valence-electron chi connectivity index (χ0n) is 14.1. The summed E-state index contributed by atoms with van der Waals surface area (Å²) in [5, 5.41) is 2.29. The Morgan fingerprint density at radius 2 is 1.64 bits per heavy atom. The highest BCUT2D eigenvalue weighted by molar-refractivity contribution is 9.10. The summed E-state index contributed by atoms with van der Waals surface area (Å²) in [6.45, 7) is 0. The third-order valence-corrected chi connectivity index (χ3v) is 5.59. The molecule has 0 saturated carbocycles. The maximum atomic E-state index is 13.7. The summed E-state index contributed by atoms with van der Waals surface area (Å²) in [5.41, 5.74) is 0.140. The van der Waals surface area contributed by atoms with Gasteiger partial charge in [-0.15, -0.1) is 0 Å². The predicted molar refractivity (Wildman–Crippen MR) is 106 cm³/mol. The van der Waals surface area contributed by atoms with E-state index in [-0.39, 0.29) is 16.1 Å². The fraction of sp³-hybridized carbons (Fsp3) is 0. The molecular weight excluding hydrogens is 454 g/mol. The maximum Gasteiger partial charge on any atom is 0.261 e. The minimum atomic E-state index is -3.94. The summed E-state index contributed by atoms with van der Waals surface area (Å²) in [7, 11) is -3.94. The first-order valence-corrected chi connectivity index (χ1v) is 10.2. The van der Waals surface area contributed by atoms with Gasteiger partial charge in [0, 0.05) is 21.8 Å². The number of amides is 1. The lowest BCUT2D eigenvalue weighted by molar-refractivity contribution is 0.102. The quantitative estimate of drug-likeness (QED) is 0.567. The van der Waals surface area contributed by atoms with Gasteiger partial charge in [0.25, 0.3) is 15.9 Å². The van der Waals surface area contributed by atoms with Crippen molar-refractivity contribution in [3.8, 4) is 0 Å². The van der Waals surface area contributed by atoms with Gasteiger partial charge < -0.3 is 5.32 Å². The van der Waals surface area contributed by atoms with Crippen LogP contribution in [-0.4, -0.2) is 14.3 Å². The summed E-state index contributed by atoms with van der Waals surface area (Å²) in [6.07, 6.45) is 0. The van der Waals surface area contributed by atoms with Crippen molar-refractivity contribution in [2.75, 3.05) is 10.0 Å². The van der Waals surface area contributed by atoms with Crippen LogP contribution in [0, 0.1) is 11.6 Å². The van der Waals surface area contributed by atoms with E-state index in [1.165, 1.54) is 18.2 Å². The Kier molecular flexibility index (Phi) is 5.76. The molecule has 0 aliphatic carbocycles. The lowest BCUT2D eigenvalue weighted by atomic mass is 10.2. The number of carbonyl (C=O) groups excluding carboxylic acids is 1. The minimum absolute atomic E-state index is 0.00223. The summed E-state index contributed by atoms with van der Waals surface area (Å²) < 4.78 is 55.0. The first-order valence-electron chi connectivity index (χ1n) is 7.89. The Morgan fingerprint density at radius 1 is 0.929 bits per heavy atom. The molecule has 5 nitrogen and oxygen atoms in total. The Morgan fingerprint density at radius 3 is 2.32 bits per heavy atom.